The van der Waals surface area contributed by atoms with Gasteiger partial charge in [-0.1, -0.05) is 6.08 Å². The Morgan fingerprint density at radius 2 is 2.41 bits per heavy atom. The Morgan fingerprint density at radius 1 is 1.65 bits per heavy atom. The van der Waals surface area contributed by atoms with Gasteiger partial charge in [0.25, 0.3) is 0 Å². The molecule has 0 saturated carbocycles. The molecule has 0 radical (unpaired) electrons. The van der Waals surface area contributed by atoms with E-state index in [0.717, 1.165) is 4.47 Å². The maximum atomic E-state index is 11.4. The maximum Gasteiger partial charge on any atom is 0.246 e. The van der Waals surface area contributed by atoms with Gasteiger partial charge in [0.1, 0.15) is 6.10 Å². The zero-order chi connectivity index (χ0) is 12.3. The number of hydrogen-bond acceptors (Lipinski definition) is 3. The first-order chi connectivity index (χ1) is 8.20. The van der Waals surface area contributed by atoms with E-state index in [1.165, 1.54) is 0 Å². The molecule has 0 spiro atoms. The molecule has 2 heterocycles. The van der Waals surface area contributed by atoms with E-state index in [4.69, 9.17) is 4.74 Å². The van der Waals surface area contributed by atoms with Crippen LogP contribution in [-0.2, 0) is 4.79 Å². The van der Waals surface area contributed by atoms with Gasteiger partial charge in [-0.2, -0.15) is 0 Å². The second-order valence-electron chi connectivity index (χ2n) is 3.77. The standard InChI is InChI=1S/C12H13BrN2O2/c1-2-4-11(16)15-7-9(8-15)17-12-10(13)5-3-6-14-12/h2-6,9H,7-8H2,1H3/b4-2+. The fourth-order valence-corrected chi connectivity index (χ4v) is 1.90. The van der Waals surface area contributed by atoms with Gasteiger partial charge in [0.05, 0.1) is 17.6 Å². The van der Waals surface area contributed by atoms with Gasteiger partial charge in [0.15, 0.2) is 0 Å². The van der Waals surface area contributed by atoms with E-state index in [1.54, 1.807) is 23.2 Å². The first-order valence-corrected chi connectivity index (χ1v) is 6.18. The van der Waals surface area contributed by atoms with Crippen LogP contribution in [0.25, 0.3) is 0 Å². The van der Waals surface area contributed by atoms with E-state index in [2.05, 4.69) is 20.9 Å². The molecule has 4 nitrogen and oxygen atoms in total. The van der Waals surface area contributed by atoms with Crippen LogP contribution in [0.3, 0.4) is 0 Å². The van der Waals surface area contributed by atoms with Crippen LogP contribution in [0.15, 0.2) is 35.0 Å². The van der Waals surface area contributed by atoms with Crippen LogP contribution in [0.1, 0.15) is 6.92 Å². The van der Waals surface area contributed by atoms with Gasteiger partial charge in [0, 0.05) is 6.20 Å². The number of nitrogens with zero attached hydrogens (tertiary/aromatic N) is 2. The highest BCUT2D eigenvalue weighted by Crippen LogP contribution is 2.24. The Labute approximate surface area is 108 Å². The molecular weight excluding hydrogens is 284 g/mol. The van der Waals surface area contributed by atoms with Crippen molar-refractivity contribution in [1.82, 2.24) is 9.88 Å². The largest absolute Gasteiger partial charge is 0.470 e. The van der Waals surface area contributed by atoms with Crippen molar-refractivity contribution >= 4 is 21.8 Å². The monoisotopic (exact) mass is 296 g/mol. The van der Waals surface area contributed by atoms with Gasteiger partial charge >= 0.3 is 0 Å². The second kappa shape index (κ2) is 5.31. The Hall–Kier alpha value is -1.36. The summed E-state index contributed by atoms with van der Waals surface area (Å²) in [6.07, 6.45) is 5.02. The van der Waals surface area contributed by atoms with Crippen LogP contribution in [-0.4, -0.2) is 35.0 Å². The van der Waals surface area contributed by atoms with Crippen molar-refractivity contribution in [2.75, 3.05) is 13.1 Å². The van der Waals surface area contributed by atoms with Crippen molar-refractivity contribution in [1.29, 1.82) is 0 Å². The van der Waals surface area contributed by atoms with Crippen LogP contribution in [0.2, 0.25) is 0 Å². The van der Waals surface area contributed by atoms with Gasteiger partial charge in [-0.3, -0.25) is 4.79 Å². The Balaban J connectivity index is 1.85. The Morgan fingerprint density at radius 3 is 3.06 bits per heavy atom. The first kappa shape index (κ1) is 12.1. The number of allylic oxidation sites excluding steroid dienone is 1. The topological polar surface area (TPSA) is 42.4 Å². The molecule has 90 valence electrons. The Kier molecular flexibility index (Phi) is 3.78. The third kappa shape index (κ3) is 2.85. The number of rotatable bonds is 3. The quantitative estimate of drug-likeness (QED) is 0.802. The van der Waals surface area contributed by atoms with Crippen molar-refractivity contribution in [3.8, 4) is 5.88 Å². The van der Waals surface area contributed by atoms with E-state index in [0.29, 0.717) is 19.0 Å². The minimum Gasteiger partial charge on any atom is -0.470 e. The van der Waals surface area contributed by atoms with Gasteiger partial charge in [0.2, 0.25) is 11.8 Å². The Bertz CT molecular complexity index is 442. The third-order valence-electron chi connectivity index (χ3n) is 2.47. The summed E-state index contributed by atoms with van der Waals surface area (Å²) in [5, 5.41) is 0. The van der Waals surface area contributed by atoms with Crippen molar-refractivity contribution in [3.63, 3.8) is 0 Å². The summed E-state index contributed by atoms with van der Waals surface area (Å²) in [5.41, 5.74) is 0. The van der Waals surface area contributed by atoms with E-state index in [-0.39, 0.29) is 12.0 Å². The summed E-state index contributed by atoms with van der Waals surface area (Å²) in [6.45, 7) is 3.06. The van der Waals surface area contributed by atoms with Crippen molar-refractivity contribution < 1.29 is 9.53 Å². The molecule has 1 saturated heterocycles. The minimum atomic E-state index is 0.0347. The van der Waals surface area contributed by atoms with Gasteiger partial charge in [-0.25, -0.2) is 4.98 Å². The number of pyridine rings is 1. The molecule has 0 bridgehead atoms. The van der Waals surface area contributed by atoms with E-state index < -0.39 is 0 Å². The predicted octanol–water partition coefficient (Wildman–Crippen LogP) is 2.01. The van der Waals surface area contributed by atoms with E-state index >= 15 is 0 Å². The van der Waals surface area contributed by atoms with Crippen LogP contribution in [0, 0.1) is 0 Å². The average molecular weight is 297 g/mol. The number of carbonyl (C=O) groups excluding carboxylic acids is 1. The van der Waals surface area contributed by atoms with Gasteiger partial charge in [-0.05, 0) is 41.1 Å². The summed E-state index contributed by atoms with van der Waals surface area (Å²) < 4.78 is 6.50. The average Bonchev–Trinajstić information content (AvgIpc) is 2.25. The summed E-state index contributed by atoms with van der Waals surface area (Å²) in [6, 6.07) is 3.71. The molecular formula is C12H13BrN2O2. The molecule has 1 fully saturated rings. The maximum absolute atomic E-state index is 11.4. The lowest BCUT2D eigenvalue weighted by molar-refractivity contribution is -0.134. The molecule has 1 aliphatic rings. The number of likely N-dealkylation sites (tertiary alicyclic amines) is 1. The number of amides is 1. The molecule has 1 amide bonds. The third-order valence-corrected chi connectivity index (χ3v) is 3.08. The van der Waals surface area contributed by atoms with E-state index in [9.17, 15) is 4.79 Å². The van der Waals surface area contributed by atoms with Gasteiger partial charge in [-0.15, -0.1) is 0 Å². The number of aromatic nitrogens is 1. The fourth-order valence-electron chi connectivity index (χ4n) is 1.56. The van der Waals surface area contributed by atoms with Gasteiger partial charge < -0.3 is 9.64 Å². The summed E-state index contributed by atoms with van der Waals surface area (Å²) >= 11 is 3.37. The molecule has 17 heavy (non-hydrogen) atoms. The minimum absolute atomic E-state index is 0.0347. The molecule has 1 aliphatic heterocycles. The zero-order valence-corrected chi connectivity index (χ0v) is 11.1. The molecule has 0 aliphatic carbocycles. The number of hydrogen-bond donors (Lipinski definition) is 0. The van der Waals surface area contributed by atoms with E-state index in [1.807, 2.05) is 19.1 Å². The lowest BCUT2D eigenvalue weighted by Crippen LogP contribution is -2.55. The summed E-state index contributed by atoms with van der Waals surface area (Å²) in [7, 11) is 0. The van der Waals surface area contributed by atoms with Crippen molar-refractivity contribution in [3.05, 3.63) is 35.0 Å². The van der Waals surface area contributed by atoms with Crippen LogP contribution in [0.4, 0.5) is 0 Å². The van der Waals surface area contributed by atoms with Crippen LogP contribution < -0.4 is 4.74 Å². The molecule has 1 aromatic heterocycles. The summed E-state index contributed by atoms with van der Waals surface area (Å²) in [5.74, 6) is 0.614. The smallest absolute Gasteiger partial charge is 0.246 e. The highest BCUT2D eigenvalue weighted by Gasteiger charge is 2.31. The first-order valence-electron chi connectivity index (χ1n) is 5.39. The molecule has 2 rings (SSSR count). The number of ether oxygens (including phenoxy) is 1. The molecule has 5 heteroatoms. The number of carbonyl (C=O) groups is 1. The van der Waals surface area contributed by atoms with Crippen LogP contribution >= 0.6 is 15.9 Å². The zero-order valence-electron chi connectivity index (χ0n) is 9.47. The SMILES string of the molecule is C/C=C/C(=O)N1CC(Oc2ncccc2Br)C1. The fraction of sp³-hybridized carbons (Fsp3) is 0.333. The number of halogens is 1. The highest BCUT2D eigenvalue weighted by molar-refractivity contribution is 9.10. The predicted molar refractivity (Wildman–Crippen MR) is 67.7 cm³/mol. The normalized spacial score (nSPS) is 16.0. The van der Waals surface area contributed by atoms with Crippen LogP contribution in [0.5, 0.6) is 5.88 Å². The lowest BCUT2D eigenvalue weighted by atomic mass is 10.1. The van der Waals surface area contributed by atoms with Crippen molar-refractivity contribution in [2.45, 2.75) is 13.0 Å². The molecule has 0 unspecified atom stereocenters. The molecule has 0 atom stereocenters. The highest BCUT2D eigenvalue weighted by atomic mass is 79.9. The molecule has 0 aromatic carbocycles. The van der Waals surface area contributed by atoms with Crippen molar-refractivity contribution in [2.24, 2.45) is 0 Å². The lowest BCUT2D eigenvalue weighted by Gasteiger charge is -2.38. The molecule has 0 N–H and O–H groups in total. The molecule has 1 aromatic rings. The second-order valence-corrected chi connectivity index (χ2v) is 4.63. The summed E-state index contributed by atoms with van der Waals surface area (Å²) in [4.78, 5) is 17.3.